The van der Waals surface area contributed by atoms with E-state index in [-0.39, 0.29) is 6.10 Å². The number of hydrogen-bond acceptors (Lipinski definition) is 5. The third-order valence-electron chi connectivity index (χ3n) is 10.1. The Balaban J connectivity index is 1.04. The molecule has 3 aromatic rings. The second kappa shape index (κ2) is 15.7. The van der Waals surface area contributed by atoms with Gasteiger partial charge in [-0.25, -0.2) is 10.0 Å². The van der Waals surface area contributed by atoms with Crippen molar-refractivity contribution in [2.75, 3.05) is 44.6 Å². The standard InChI is InChI=1S/C38H48IN5OP/c1-5-38(45-4)32-15-20-43(21-16-32)26-29-6-8-30(9-7-29)31-13-18-42(19-14-31)25-27(2)22-36-28(3)40-17-12-35(36)33-10-11-37-34(23-33)24-41-44(37)46-39/h5-12,17,22-23,26,31-32,38,41,46H,1,13-16,18-21,24-25H2,2-4H3/q+1/b27-22+,43-26?. The maximum atomic E-state index is 5.60. The number of hydrogen-bond donors (Lipinski definition) is 1. The van der Waals surface area contributed by atoms with Crippen LogP contribution in [0, 0.1) is 12.8 Å². The SMILES string of the molecule is C=CC(OC)C1CC[N+](=Cc2ccc(C3CCN(C/C(C)=C/c4c(-c5ccc6c(c5)CNN6PI)ccnc4C)CC3)cc2)CC1. The summed E-state index contributed by atoms with van der Waals surface area (Å²) in [5.41, 5.74) is 15.2. The number of halogens is 1. The molecule has 6 nitrogen and oxygen atoms in total. The Bertz CT molecular complexity index is 1570. The van der Waals surface area contributed by atoms with Crippen LogP contribution in [0.4, 0.5) is 5.69 Å². The smallest absolute Gasteiger partial charge is 0.170 e. The molecule has 242 valence electrons. The summed E-state index contributed by atoms with van der Waals surface area (Å²) in [5.74, 6) is 1.22. The van der Waals surface area contributed by atoms with Gasteiger partial charge in [0.2, 0.25) is 0 Å². The molecule has 0 aliphatic carbocycles. The first-order valence-corrected chi connectivity index (χ1v) is 20.7. The average molecular weight is 749 g/mol. The zero-order valence-electron chi connectivity index (χ0n) is 27.5. The molecule has 0 amide bonds. The van der Waals surface area contributed by atoms with E-state index in [1.807, 2.05) is 12.3 Å². The predicted octanol–water partition coefficient (Wildman–Crippen LogP) is 8.15. The van der Waals surface area contributed by atoms with Crippen LogP contribution in [0.1, 0.15) is 66.5 Å². The maximum Gasteiger partial charge on any atom is 0.170 e. The van der Waals surface area contributed by atoms with Crippen LogP contribution in [0.25, 0.3) is 17.2 Å². The summed E-state index contributed by atoms with van der Waals surface area (Å²) in [7, 11) is 1.79. The fraction of sp³-hybridized carbons (Fsp3) is 0.421. The zero-order valence-corrected chi connectivity index (χ0v) is 30.7. The third-order valence-corrected chi connectivity index (χ3v) is 12.1. The van der Waals surface area contributed by atoms with Crippen LogP contribution < -0.4 is 10.2 Å². The molecule has 2 fully saturated rings. The van der Waals surface area contributed by atoms with E-state index in [2.05, 4.69) is 128 Å². The van der Waals surface area contributed by atoms with E-state index in [9.17, 15) is 0 Å². The molecule has 1 aromatic heterocycles. The first-order chi connectivity index (χ1) is 22.4. The number of rotatable bonds is 10. The number of fused-ring (bicyclic) bond motifs is 1. The molecule has 3 aliphatic rings. The number of likely N-dealkylation sites (tertiary alicyclic amines) is 1. The minimum Gasteiger partial charge on any atom is -0.377 e. The van der Waals surface area contributed by atoms with Crippen LogP contribution in [-0.4, -0.2) is 66.6 Å². The van der Waals surface area contributed by atoms with Crippen molar-refractivity contribution >= 4 is 46.4 Å². The Morgan fingerprint density at radius 2 is 1.89 bits per heavy atom. The topological polar surface area (TPSA) is 43.6 Å². The third kappa shape index (κ3) is 7.82. The summed E-state index contributed by atoms with van der Waals surface area (Å²) in [5, 5.41) is 0. The molecule has 0 saturated carbocycles. The molecule has 2 atom stereocenters. The lowest BCUT2D eigenvalue weighted by atomic mass is 9.88. The first-order valence-electron chi connectivity index (χ1n) is 16.7. The molecule has 6 rings (SSSR count). The van der Waals surface area contributed by atoms with Crippen LogP contribution in [0.5, 0.6) is 0 Å². The van der Waals surface area contributed by atoms with Crippen molar-refractivity contribution in [3.63, 3.8) is 0 Å². The molecule has 0 radical (unpaired) electrons. The summed E-state index contributed by atoms with van der Waals surface area (Å²) in [4.78, 5) is 7.29. The zero-order chi connectivity index (χ0) is 32.0. The summed E-state index contributed by atoms with van der Waals surface area (Å²) >= 11 is 2.43. The summed E-state index contributed by atoms with van der Waals surface area (Å²) in [6, 6.07) is 18.4. The highest BCUT2D eigenvalue weighted by Gasteiger charge is 2.27. The van der Waals surface area contributed by atoms with Gasteiger partial charge < -0.3 is 4.74 Å². The van der Waals surface area contributed by atoms with E-state index >= 15 is 0 Å². The molecule has 0 bridgehead atoms. The molecule has 1 N–H and O–H groups in total. The lowest BCUT2D eigenvalue weighted by Crippen LogP contribution is -2.34. The van der Waals surface area contributed by atoms with Gasteiger partial charge in [-0.05, 0) is 120 Å². The Morgan fingerprint density at radius 3 is 2.59 bits per heavy atom. The first kappa shape index (κ1) is 33.5. The molecular formula is C38H48IN5OP+. The van der Waals surface area contributed by atoms with Gasteiger partial charge in [-0.1, -0.05) is 35.9 Å². The number of aromatic nitrogens is 1. The highest BCUT2D eigenvalue weighted by molar-refractivity contribution is 14.2. The van der Waals surface area contributed by atoms with E-state index < -0.39 is 0 Å². The molecule has 4 heterocycles. The Morgan fingerprint density at radius 1 is 1.13 bits per heavy atom. The van der Waals surface area contributed by atoms with E-state index in [1.54, 1.807) is 7.11 Å². The lowest BCUT2D eigenvalue weighted by Gasteiger charge is -2.32. The van der Waals surface area contributed by atoms with Crippen molar-refractivity contribution in [3.05, 3.63) is 101 Å². The minimum absolute atomic E-state index is 0.178. The number of methoxy groups -OCH3 is 1. The van der Waals surface area contributed by atoms with E-state index in [0.717, 1.165) is 57.8 Å². The van der Waals surface area contributed by atoms with Gasteiger partial charge in [0.25, 0.3) is 0 Å². The largest absolute Gasteiger partial charge is 0.377 e. The van der Waals surface area contributed by atoms with Crippen LogP contribution in [0.15, 0.2) is 73.0 Å². The monoisotopic (exact) mass is 748 g/mol. The number of aryl methyl sites for hydroxylation is 1. The number of benzene rings is 2. The van der Waals surface area contributed by atoms with Crippen molar-refractivity contribution in [2.45, 2.75) is 58.1 Å². The van der Waals surface area contributed by atoms with Crippen molar-refractivity contribution in [1.29, 1.82) is 0 Å². The van der Waals surface area contributed by atoms with Gasteiger partial charge in [0.1, 0.15) is 13.1 Å². The van der Waals surface area contributed by atoms with Crippen LogP contribution in [-0.2, 0) is 11.3 Å². The highest BCUT2D eigenvalue weighted by Crippen LogP contribution is 2.40. The number of nitrogens with one attached hydrogen (secondary N) is 1. The molecule has 46 heavy (non-hydrogen) atoms. The summed E-state index contributed by atoms with van der Waals surface area (Å²) < 4.78 is 10.3. The molecule has 2 saturated heterocycles. The highest BCUT2D eigenvalue weighted by atomic mass is 127. The van der Waals surface area contributed by atoms with Crippen molar-refractivity contribution in [3.8, 4) is 11.1 Å². The van der Waals surface area contributed by atoms with Crippen molar-refractivity contribution in [1.82, 2.24) is 15.3 Å². The predicted molar refractivity (Wildman–Crippen MR) is 203 cm³/mol. The number of anilines is 1. The molecule has 3 aliphatic heterocycles. The fourth-order valence-corrected chi connectivity index (χ4v) is 9.18. The Hall–Kier alpha value is -2.42. The fourth-order valence-electron chi connectivity index (χ4n) is 7.44. The van der Waals surface area contributed by atoms with Crippen LogP contribution in [0.2, 0.25) is 0 Å². The van der Waals surface area contributed by atoms with E-state index in [0.29, 0.717) is 18.2 Å². The average Bonchev–Trinajstić information content (AvgIpc) is 3.50. The quantitative estimate of drug-likeness (QED) is 0.0982. The second-order valence-corrected chi connectivity index (χ2v) is 15.2. The van der Waals surface area contributed by atoms with Gasteiger partial charge in [0.05, 0.1) is 18.2 Å². The van der Waals surface area contributed by atoms with Crippen LogP contribution in [0.3, 0.4) is 0 Å². The molecule has 8 heteroatoms. The van der Waals surface area contributed by atoms with E-state index in [4.69, 9.17) is 4.74 Å². The normalized spacial score (nSPS) is 20.3. The van der Waals surface area contributed by atoms with Crippen molar-refractivity contribution < 1.29 is 9.31 Å². The van der Waals surface area contributed by atoms with Gasteiger partial charge in [-0.3, -0.25) is 14.7 Å². The summed E-state index contributed by atoms with van der Waals surface area (Å²) in [6.45, 7) is 14.7. The molecule has 0 spiro atoms. The van der Waals surface area contributed by atoms with Crippen LogP contribution >= 0.6 is 28.4 Å². The lowest BCUT2D eigenvalue weighted by molar-refractivity contribution is -0.537. The van der Waals surface area contributed by atoms with Crippen molar-refractivity contribution in [2.24, 2.45) is 5.92 Å². The van der Waals surface area contributed by atoms with Gasteiger partial charge in [-0.2, -0.15) is 0 Å². The second-order valence-electron chi connectivity index (χ2n) is 13.1. The number of piperidine rings is 2. The summed E-state index contributed by atoms with van der Waals surface area (Å²) in [6.07, 6.45) is 14.2. The van der Waals surface area contributed by atoms with Gasteiger partial charge in [0.15, 0.2) is 6.21 Å². The van der Waals surface area contributed by atoms with E-state index in [1.165, 1.54) is 57.5 Å². The minimum atomic E-state index is 0.178. The van der Waals surface area contributed by atoms with Gasteiger partial charge >= 0.3 is 0 Å². The van der Waals surface area contributed by atoms with Gasteiger partial charge in [0, 0.05) is 62.0 Å². The maximum absolute atomic E-state index is 5.60. The number of pyridine rings is 1. The molecule has 2 unspecified atom stereocenters. The number of ether oxygens (including phenoxy) is 1. The molecule has 2 aromatic carbocycles. The van der Waals surface area contributed by atoms with Gasteiger partial charge in [-0.15, -0.1) is 6.58 Å². The number of hydrazine groups is 1. The Labute approximate surface area is 290 Å². The molecular weight excluding hydrogens is 700 g/mol. The Kier molecular flexibility index (Phi) is 11.4. The number of nitrogens with zero attached hydrogens (tertiary/aromatic N) is 4.